The number of carbonyl (C=O) groups is 1. The molecule has 0 aromatic heterocycles. The molecule has 0 aliphatic rings. The Bertz CT molecular complexity index is 293. The number of hydrogen-bond acceptors (Lipinski definition) is 3. The van der Waals surface area contributed by atoms with Gasteiger partial charge in [-0.15, -0.1) is 0 Å². The molecule has 3 heteroatoms. The summed E-state index contributed by atoms with van der Waals surface area (Å²) < 4.78 is 0. The van der Waals surface area contributed by atoms with Crippen LogP contribution in [-0.2, 0) is 4.79 Å². The van der Waals surface area contributed by atoms with E-state index in [-0.39, 0.29) is 0 Å². The van der Waals surface area contributed by atoms with Crippen molar-refractivity contribution >= 4 is 11.7 Å². The van der Waals surface area contributed by atoms with Gasteiger partial charge in [0.15, 0.2) is 0 Å². The zero-order chi connectivity index (χ0) is 9.90. The van der Waals surface area contributed by atoms with Crippen molar-refractivity contribution in [2.24, 2.45) is 0 Å². The van der Waals surface area contributed by atoms with E-state index < -0.39 is 11.5 Å². The van der Waals surface area contributed by atoms with Crippen molar-refractivity contribution in [2.75, 3.05) is 5.32 Å². The standard InChI is InChI=1S/C10H13NO2/c1-10(2,9(12)13)11-8-6-4-3-5-7-8/h3-7,11H,1-2H3,(H,12,13)/p-1. The predicted molar refractivity (Wildman–Crippen MR) is 49.2 cm³/mol. The van der Waals surface area contributed by atoms with Gasteiger partial charge in [0.25, 0.3) is 0 Å². The van der Waals surface area contributed by atoms with Crippen LogP contribution < -0.4 is 10.4 Å². The molecule has 1 aromatic carbocycles. The van der Waals surface area contributed by atoms with Crippen molar-refractivity contribution in [1.82, 2.24) is 0 Å². The number of carboxylic acid groups (broad SMARTS) is 1. The van der Waals surface area contributed by atoms with Crippen molar-refractivity contribution in [2.45, 2.75) is 19.4 Å². The molecule has 0 unspecified atom stereocenters. The number of anilines is 1. The number of benzene rings is 1. The van der Waals surface area contributed by atoms with Gasteiger partial charge in [0.05, 0.1) is 11.5 Å². The van der Waals surface area contributed by atoms with Crippen LogP contribution in [-0.4, -0.2) is 11.5 Å². The summed E-state index contributed by atoms with van der Waals surface area (Å²) in [4.78, 5) is 10.7. The maximum Gasteiger partial charge on any atom is 0.0713 e. The first-order chi connectivity index (χ1) is 6.02. The highest BCUT2D eigenvalue weighted by Gasteiger charge is 2.17. The number of carbonyl (C=O) groups excluding carboxylic acids is 1. The highest BCUT2D eigenvalue weighted by molar-refractivity contribution is 5.79. The Morgan fingerprint density at radius 1 is 1.31 bits per heavy atom. The Morgan fingerprint density at radius 3 is 2.31 bits per heavy atom. The van der Waals surface area contributed by atoms with Crippen LogP contribution in [0, 0.1) is 0 Å². The van der Waals surface area contributed by atoms with E-state index in [9.17, 15) is 9.90 Å². The fraction of sp³-hybridized carbons (Fsp3) is 0.300. The summed E-state index contributed by atoms with van der Waals surface area (Å²) in [5.74, 6) is -1.11. The normalized spacial score (nSPS) is 10.9. The molecule has 1 aromatic rings. The van der Waals surface area contributed by atoms with Gasteiger partial charge in [-0.3, -0.25) is 0 Å². The van der Waals surface area contributed by atoms with Gasteiger partial charge in [0.2, 0.25) is 0 Å². The maximum atomic E-state index is 10.7. The van der Waals surface area contributed by atoms with Gasteiger partial charge in [-0.2, -0.15) is 0 Å². The predicted octanol–water partition coefficient (Wildman–Crippen LogP) is 0.627. The second kappa shape index (κ2) is 3.47. The van der Waals surface area contributed by atoms with Crippen LogP contribution in [0.25, 0.3) is 0 Å². The van der Waals surface area contributed by atoms with Crippen LogP contribution in [0.5, 0.6) is 0 Å². The molecule has 1 rings (SSSR count). The molecule has 0 atom stereocenters. The van der Waals surface area contributed by atoms with Crippen LogP contribution in [0.3, 0.4) is 0 Å². The monoisotopic (exact) mass is 178 g/mol. The zero-order valence-electron chi connectivity index (χ0n) is 7.70. The van der Waals surface area contributed by atoms with Gasteiger partial charge in [0.1, 0.15) is 0 Å². The van der Waals surface area contributed by atoms with Gasteiger partial charge in [-0.25, -0.2) is 0 Å². The topological polar surface area (TPSA) is 52.2 Å². The van der Waals surface area contributed by atoms with E-state index in [1.54, 1.807) is 13.8 Å². The lowest BCUT2D eigenvalue weighted by molar-refractivity contribution is -0.310. The summed E-state index contributed by atoms with van der Waals surface area (Å²) in [5, 5.41) is 13.5. The Hall–Kier alpha value is -1.51. The first-order valence-electron chi connectivity index (χ1n) is 4.07. The fourth-order valence-corrected chi connectivity index (χ4v) is 0.933. The number of aliphatic carboxylic acids is 1. The number of nitrogens with one attached hydrogen (secondary N) is 1. The SMILES string of the molecule is CC(C)(Nc1ccccc1)C(=O)[O-]. The van der Waals surface area contributed by atoms with Gasteiger partial charge >= 0.3 is 0 Å². The third kappa shape index (κ3) is 2.47. The largest absolute Gasteiger partial charge is 0.548 e. The molecule has 0 aliphatic carbocycles. The van der Waals surface area contributed by atoms with E-state index in [2.05, 4.69) is 5.32 Å². The maximum absolute atomic E-state index is 10.7. The minimum atomic E-state index is -1.11. The molecule has 13 heavy (non-hydrogen) atoms. The second-order valence-electron chi connectivity index (χ2n) is 3.40. The number of para-hydroxylation sites is 1. The van der Waals surface area contributed by atoms with E-state index in [0.29, 0.717) is 0 Å². The lowest BCUT2D eigenvalue weighted by atomic mass is 10.1. The van der Waals surface area contributed by atoms with E-state index in [1.165, 1.54) is 0 Å². The Balaban J connectivity index is 2.75. The van der Waals surface area contributed by atoms with Crippen molar-refractivity contribution in [3.8, 4) is 0 Å². The van der Waals surface area contributed by atoms with Crippen molar-refractivity contribution in [3.63, 3.8) is 0 Å². The molecule has 0 saturated heterocycles. The molecule has 0 bridgehead atoms. The molecule has 0 heterocycles. The molecule has 0 saturated carbocycles. The average Bonchev–Trinajstić information content (AvgIpc) is 2.05. The first kappa shape index (κ1) is 9.58. The summed E-state index contributed by atoms with van der Waals surface area (Å²) in [6, 6.07) is 9.17. The molecule has 0 amide bonds. The summed E-state index contributed by atoms with van der Waals surface area (Å²) in [6.07, 6.45) is 0. The Kier molecular flexibility index (Phi) is 2.56. The number of rotatable bonds is 3. The van der Waals surface area contributed by atoms with Crippen LogP contribution in [0.4, 0.5) is 5.69 Å². The first-order valence-corrected chi connectivity index (χ1v) is 4.07. The van der Waals surface area contributed by atoms with E-state index in [1.807, 2.05) is 30.3 Å². The zero-order valence-corrected chi connectivity index (χ0v) is 7.70. The van der Waals surface area contributed by atoms with Gasteiger partial charge in [-0.05, 0) is 26.0 Å². The fourth-order valence-electron chi connectivity index (χ4n) is 0.933. The Labute approximate surface area is 77.4 Å². The van der Waals surface area contributed by atoms with Gasteiger partial charge in [-0.1, -0.05) is 18.2 Å². The third-order valence-corrected chi connectivity index (χ3v) is 1.74. The van der Waals surface area contributed by atoms with Gasteiger partial charge < -0.3 is 15.2 Å². The molecule has 0 radical (unpaired) electrons. The van der Waals surface area contributed by atoms with Crippen molar-refractivity contribution < 1.29 is 9.90 Å². The van der Waals surface area contributed by atoms with Crippen LogP contribution in [0.15, 0.2) is 30.3 Å². The minimum Gasteiger partial charge on any atom is -0.548 e. The molecule has 0 spiro atoms. The number of carboxylic acids is 1. The van der Waals surface area contributed by atoms with Crippen molar-refractivity contribution in [3.05, 3.63) is 30.3 Å². The molecular weight excluding hydrogens is 166 g/mol. The highest BCUT2D eigenvalue weighted by Crippen LogP contribution is 2.13. The van der Waals surface area contributed by atoms with Crippen LogP contribution in [0.2, 0.25) is 0 Å². The van der Waals surface area contributed by atoms with Crippen LogP contribution in [0.1, 0.15) is 13.8 Å². The molecule has 1 N–H and O–H groups in total. The molecular formula is C10H12NO2-. The van der Waals surface area contributed by atoms with E-state index in [0.717, 1.165) is 5.69 Å². The molecule has 0 fully saturated rings. The summed E-state index contributed by atoms with van der Waals surface area (Å²) in [6.45, 7) is 3.13. The van der Waals surface area contributed by atoms with Crippen LogP contribution >= 0.6 is 0 Å². The summed E-state index contributed by atoms with van der Waals surface area (Å²) >= 11 is 0. The summed E-state index contributed by atoms with van der Waals surface area (Å²) in [7, 11) is 0. The van der Waals surface area contributed by atoms with E-state index in [4.69, 9.17) is 0 Å². The minimum absolute atomic E-state index is 0.775. The quantitative estimate of drug-likeness (QED) is 0.738. The third-order valence-electron chi connectivity index (χ3n) is 1.74. The number of hydrogen-bond donors (Lipinski definition) is 1. The van der Waals surface area contributed by atoms with E-state index >= 15 is 0 Å². The van der Waals surface area contributed by atoms with Gasteiger partial charge in [0, 0.05) is 5.69 Å². The lowest BCUT2D eigenvalue weighted by Gasteiger charge is -2.28. The molecule has 0 aliphatic heterocycles. The molecule has 3 nitrogen and oxygen atoms in total. The Morgan fingerprint density at radius 2 is 1.85 bits per heavy atom. The lowest BCUT2D eigenvalue weighted by Crippen LogP contribution is -2.49. The summed E-state index contributed by atoms with van der Waals surface area (Å²) in [5.41, 5.74) is -0.266. The van der Waals surface area contributed by atoms with Crippen molar-refractivity contribution in [1.29, 1.82) is 0 Å². The highest BCUT2D eigenvalue weighted by atomic mass is 16.4. The molecule has 70 valence electrons. The average molecular weight is 178 g/mol. The smallest absolute Gasteiger partial charge is 0.0713 e. The second-order valence-corrected chi connectivity index (χ2v) is 3.40.